The largest absolute Gasteiger partial charge is 0.492 e. The quantitative estimate of drug-likeness (QED) is 0.0918. The van der Waals surface area contributed by atoms with E-state index < -0.39 is 96.7 Å². The number of ether oxygens (including phenoxy) is 14. The highest BCUT2D eigenvalue weighted by molar-refractivity contribution is 5.70. The fourth-order valence-electron chi connectivity index (χ4n) is 10.5. The molecule has 0 fully saturated rings. The van der Waals surface area contributed by atoms with Gasteiger partial charge in [0.1, 0.15) is 114 Å². The Kier molecular flexibility index (Phi) is 25.1. The molecule has 0 aromatic heterocycles. The fraction of sp³-hybridized carbons (Fsp3) is 0.732. The summed E-state index contributed by atoms with van der Waals surface area (Å²) in [6, 6.07) is 7.24. The summed E-state index contributed by atoms with van der Waals surface area (Å²) in [5.74, 6) is 4.27. The summed E-state index contributed by atoms with van der Waals surface area (Å²) >= 11 is 0. The van der Waals surface area contributed by atoms with Crippen molar-refractivity contribution in [2.45, 2.75) is 393 Å². The van der Waals surface area contributed by atoms with Gasteiger partial charge in [0, 0.05) is 42.3 Å². The summed E-state index contributed by atoms with van der Waals surface area (Å²) in [4.78, 5) is 0. The van der Waals surface area contributed by atoms with Gasteiger partial charge in [-0.1, -0.05) is 0 Å². The average molecular weight is 1380 g/mol. The highest BCUT2D eigenvalue weighted by Gasteiger charge is 2.45. The van der Waals surface area contributed by atoms with Crippen molar-refractivity contribution in [3.8, 4) is 63.2 Å². The van der Waals surface area contributed by atoms with Gasteiger partial charge in [-0.2, -0.15) is 0 Å². The third kappa shape index (κ3) is 28.4. The number of allylic oxidation sites excluding steroid dienone is 1. The molecule has 3 aromatic carbocycles. The number of hydrogen-bond donors (Lipinski definition) is 2. The van der Waals surface area contributed by atoms with Crippen molar-refractivity contribution in [3.63, 3.8) is 0 Å². The molecule has 16 heteroatoms. The maximum atomic E-state index is 14.2. The second-order valence-corrected chi connectivity index (χ2v) is 39.5. The van der Waals surface area contributed by atoms with Crippen LogP contribution in [0.15, 0.2) is 47.4 Å². The van der Waals surface area contributed by atoms with Gasteiger partial charge in [-0.15, -0.1) is 0 Å². The van der Waals surface area contributed by atoms with Crippen LogP contribution in [0.25, 0.3) is 0 Å². The van der Waals surface area contributed by atoms with E-state index >= 15 is 0 Å². The first-order valence-electron chi connectivity index (χ1n) is 35.3. The van der Waals surface area contributed by atoms with E-state index in [-0.39, 0.29) is 45.6 Å². The van der Waals surface area contributed by atoms with Crippen molar-refractivity contribution >= 4 is 0 Å². The molecule has 0 radical (unpaired) electrons. The molecular weight excluding hydrogens is 1240 g/mol. The molecule has 0 saturated heterocycles. The Morgan fingerprint density at radius 2 is 0.571 bits per heavy atom. The Balaban J connectivity index is 2.19. The molecule has 3 unspecified atom stereocenters. The van der Waals surface area contributed by atoms with E-state index in [1.807, 2.05) is 295 Å². The van der Waals surface area contributed by atoms with Crippen LogP contribution < -0.4 is 52.1 Å². The minimum absolute atomic E-state index is 0.183. The fourth-order valence-corrected chi connectivity index (χ4v) is 10.5. The molecule has 1 aliphatic rings. The molecule has 16 nitrogen and oxygen atoms in total. The van der Waals surface area contributed by atoms with E-state index in [2.05, 4.69) is 0 Å². The van der Waals surface area contributed by atoms with Crippen LogP contribution in [0.5, 0.6) is 63.2 Å². The lowest BCUT2D eigenvalue weighted by atomic mass is 9.88. The second-order valence-electron chi connectivity index (χ2n) is 39.5. The van der Waals surface area contributed by atoms with Crippen LogP contribution >= 0.6 is 0 Å². The average Bonchev–Trinajstić information content (AvgIpc) is 0.743. The molecule has 0 bridgehead atoms. The zero-order chi connectivity index (χ0) is 76.1. The van der Waals surface area contributed by atoms with Crippen LogP contribution in [0.3, 0.4) is 0 Å². The molecule has 4 rings (SSSR count). The van der Waals surface area contributed by atoms with Crippen molar-refractivity contribution < 1.29 is 76.5 Å². The summed E-state index contributed by atoms with van der Waals surface area (Å²) in [6.45, 7) is 78.7. The van der Waals surface area contributed by atoms with Crippen LogP contribution in [-0.2, 0) is 14.2 Å². The summed E-state index contributed by atoms with van der Waals surface area (Å²) in [5, 5.41) is 27.8. The maximum Gasteiger partial charge on any atom is 0.172 e. The summed E-state index contributed by atoms with van der Waals surface area (Å²) in [6.07, 6.45) is -0.826. The van der Waals surface area contributed by atoms with Gasteiger partial charge in [0.2, 0.25) is 0 Å². The Labute approximate surface area is 594 Å². The van der Waals surface area contributed by atoms with Gasteiger partial charge < -0.3 is 76.5 Å². The molecule has 0 spiro atoms. The Morgan fingerprint density at radius 3 is 0.867 bits per heavy atom. The second kappa shape index (κ2) is 29.0. The lowest BCUT2D eigenvalue weighted by molar-refractivity contribution is -0.0679. The summed E-state index contributed by atoms with van der Waals surface area (Å²) < 4.78 is 97.9. The van der Waals surface area contributed by atoms with Gasteiger partial charge >= 0.3 is 0 Å². The molecule has 0 heterocycles. The summed E-state index contributed by atoms with van der Waals surface area (Å²) in [5.41, 5.74) is -9.78. The van der Waals surface area contributed by atoms with Gasteiger partial charge in [-0.3, -0.25) is 0 Å². The molecule has 98 heavy (non-hydrogen) atoms. The first-order chi connectivity index (χ1) is 43.3. The number of rotatable bonds is 23. The standard InChI is InChI=1S/C82H136O16/c1-69(2,3)85-49-43-51(87-71(7,8)9)59(52(44-49)88-72(10,11)12)63(83)60-53(89-73(13,14)15)45-50(86-70(4,5)6)46-54(60)93-81(37,38)41-42-82(39,40)94-58-48-57(92-76(22,23)24)67(97-79(31,32)33)62(68(58)98-80(34,35)36)64(84)61-65(95-77(25,26)27)55(90-74(16,17)18)47-56(91-75(19,20)21)66(61)96-78(28,29)30/h43,45-48,52,63-64,83-84H,41-42,44H2,1-40H3. The van der Waals surface area contributed by atoms with Crippen LogP contribution in [0.1, 0.15) is 325 Å². The normalized spacial score (nSPS) is 16.2. The Morgan fingerprint density at radius 1 is 0.296 bits per heavy atom. The molecule has 3 atom stereocenters. The minimum atomic E-state index is -1.69. The van der Waals surface area contributed by atoms with Crippen molar-refractivity contribution in [1.82, 2.24) is 0 Å². The zero-order valence-electron chi connectivity index (χ0n) is 68.9. The molecule has 2 N–H and O–H groups in total. The predicted molar refractivity (Wildman–Crippen MR) is 396 cm³/mol. The van der Waals surface area contributed by atoms with E-state index in [4.69, 9.17) is 66.3 Å². The first kappa shape index (κ1) is 84.8. The summed E-state index contributed by atoms with van der Waals surface area (Å²) in [7, 11) is 0. The van der Waals surface area contributed by atoms with Crippen LogP contribution in [0.4, 0.5) is 0 Å². The molecular formula is C82H136O16. The number of hydrogen-bond acceptors (Lipinski definition) is 16. The lowest BCUT2D eigenvalue weighted by Crippen LogP contribution is -2.37. The van der Waals surface area contributed by atoms with E-state index in [1.165, 1.54) is 0 Å². The highest BCUT2D eigenvalue weighted by atomic mass is 16.6. The predicted octanol–water partition coefficient (Wildman–Crippen LogP) is 21.5. The molecule has 1 aliphatic carbocycles. The van der Waals surface area contributed by atoms with Crippen molar-refractivity contribution in [2.24, 2.45) is 0 Å². The van der Waals surface area contributed by atoms with Gasteiger partial charge in [0.25, 0.3) is 0 Å². The lowest BCUT2D eigenvalue weighted by Gasteiger charge is -2.39. The number of aliphatic hydroxyl groups excluding tert-OH is 2. The molecule has 0 aliphatic heterocycles. The van der Waals surface area contributed by atoms with Gasteiger partial charge in [0.05, 0.1) is 28.4 Å². The molecule has 560 valence electrons. The highest BCUT2D eigenvalue weighted by Crippen LogP contribution is 2.59. The minimum Gasteiger partial charge on any atom is -0.492 e. The Hall–Kier alpha value is -5.58. The monoisotopic (exact) mass is 1380 g/mol. The molecule has 0 saturated carbocycles. The van der Waals surface area contributed by atoms with Crippen molar-refractivity contribution in [1.29, 1.82) is 0 Å². The SMILES string of the molecule is CC(C)(C)OC1=CC(OC(C)(C)C)=C(C(O)c2c(OC(C)(C)C)cc(OC(C)(C)C)cc2OC(C)(C)CCC(C)(C)Oc2cc(OC(C)(C)C)c(OC(C)(C)C)c(C(O)c3c(OC(C)(C)C)c(OC(C)(C)C)cc(OC(C)(C)C)c3OC(C)(C)C)c2OC(C)(C)C)C(OC(C)(C)C)C1. The smallest absolute Gasteiger partial charge is 0.172 e. The Bertz CT molecular complexity index is 3200. The van der Waals surface area contributed by atoms with E-state index in [0.29, 0.717) is 70.7 Å². The van der Waals surface area contributed by atoms with E-state index in [0.717, 1.165) is 0 Å². The van der Waals surface area contributed by atoms with Crippen molar-refractivity contribution in [2.75, 3.05) is 0 Å². The molecule has 3 aromatic rings. The van der Waals surface area contributed by atoms with Gasteiger partial charge in [-0.25, -0.2) is 0 Å². The van der Waals surface area contributed by atoms with Gasteiger partial charge in [0.15, 0.2) is 46.0 Å². The maximum absolute atomic E-state index is 14.2. The van der Waals surface area contributed by atoms with Crippen molar-refractivity contribution in [3.05, 3.63) is 64.1 Å². The number of aliphatic hydroxyl groups is 2. The third-order valence-electron chi connectivity index (χ3n) is 13.1. The topological polar surface area (TPSA) is 170 Å². The first-order valence-corrected chi connectivity index (χ1v) is 35.3. The van der Waals surface area contributed by atoms with Crippen LogP contribution in [-0.4, -0.2) is 94.7 Å². The third-order valence-corrected chi connectivity index (χ3v) is 13.1. The van der Waals surface area contributed by atoms with E-state index in [1.54, 1.807) is 12.1 Å². The van der Waals surface area contributed by atoms with Gasteiger partial charge in [-0.05, 0) is 290 Å². The number of benzene rings is 3. The van der Waals surface area contributed by atoms with Crippen LogP contribution in [0, 0.1) is 0 Å². The zero-order valence-corrected chi connectivity index (χ0v) is 68.9. The van der Waals surface area contributed by atoms with E-state index in [9.17, 15) is 10.2 Å². The van der Waals surface area contributed by atoms with Crippen LogP contribution in [0.2, 0.25) is 0 Å². The molecule has 0 amide bonds.